The first kappa shape index (κ1) is 30.1. The standard InChI is InChI=1S/C29H38N2O7S/c1-4-35-24-10-6-8-12-26(24)37-20-18-31(19-21-38-27-13-9-7-11-25(27)36-5-2)17-16-23-14-15-28(34-3)29(22-23)39(30,32)33/h6-15,22H,4-5,16-21H2,1-3H3,(H2,30,32,33). The van der Waals surface area contributed by atoms with Gasteiger partial charge in [-0.2, -0.15) is 0 Å². The highest BCUT2D eigenvalue weighted by molar-refractivity contribution is 7.89. The topological polar surface area (TPSA) is 110 Å². The van der Waals surface area contributed by atoms with Crippen LogP contribution in [0.3, 0.4) is 0 Å². The van der Waals surface area contributed by atoms with E-state index in [-0.39, 0.29) is 10.6 Å². The van der Waals surface area contributed by atoms with Crippen molar-refractivity contribution in [1.82, 2.24) is 4.90 Å². The van der Waals surface area contributed by atoms with Crippen molar-refractivity contribution in [2.24, 2.45) is 5.14 Å². The van der Waals surface area contributed by atoms with Crippen LogP contribution in [0.1, 0.15) is 19.4 Å². The molecule has 9 nitrogen and oxygen atoms in total. The van der Waals surface area contributed by atoms with Crippen LogP contribution in [0.2, 0.25) is 0 Å². The molecule has 0 fully saturated rings. The number of rotatable bonds is 17. The van der Waals surface area contributed by atoms with Crippen LogP contribution in [-0.4, -0.2) is 66.5 Å². The lowest BCUT2D eigenvalue weighted by molar-refractivity contribution is 0.172. The molecule has 0 atom stereocenters. The van der Waals surface area contributed by atoms with E-state index < -0.39 is 10.0 Å². The van der Waals surface area contributed by atoms with Gasteiger partial charge in [-0.15, -0.1) is 0 Å². The smallest absolute Gasteiger partial charge is 0.241 e. The van der Waals surface area contributed by atoms with Crippen molar-refractivity contribution in [2.45, 2.75) is 25.2 Å². The number of sulfonamides is 1. The summed E-state index contributed by atoms with van der Waals surface area (Å²) in [6.07, 6.45) is 0.595. The van der Waals surface area contributed by atoms with Gasteiger partial charge in [0.25, 0.3) is 0 Å². The normalized spacial score (nSPS) is 11.3. The van der Waals surface area contributed by atoms with E-state index >= 15 is 0 Å². The van der Waals surface area contributed by atoms with E-state index in [0.717, 1.165) is 5.56 Å². The summed E-state index contributed by atoms with van der Waals surface area (Å²) in [5, 5.41) is 5.40. The molecule has 0 aliphatic heterocycles. The molecule has 0 radical (unpaired) electrons. The fourth-order valence-corrected chi connectivity index (χ4v) is 4.73. The maximum absolute atomic E-state index is 12.0. The average Bonchev–Trinajstić information content (AvgIpc) is 2.93. The molecule has 0 bridgehead atoms. The second-order valence-electron chi connectivity index (χ2n) is 8.58. The molecule has 0 aliphatic carbocycles. The number of benzene rings is 3. The van der Waals surface area contributed by atoms with Gasteiger partial charge < -0.3 is 23.7 Å². The van der Waals surface area contributed by atoms with Gasteiger partial charge in [-0.3, -0.25) is 4.90 Å². The number of ether oxygens (including phenoxy) is 5. The number of hydrogen-bond donors (Lipinski definition) is 1. The molecule has 3 aromatic rings. The Morgan fingerprint density at radius 2 is 1.18 bits per heavy atom. The SMILES string of the molecule is CCOc1ccccc1OCCN(CCOc1ccccc1OCC)CCc1ccc(OC)c(S(N)(=O)=O)c1. The van der Waals surface area contributed by atoms with Crippen molar-refractivity contribution in [3.05, 3.63) is 72.3 Å². The van der Waals surface area contributed by atoms with Gasteiger partial charge in [0.15, 0.2) is 23.0 Å². The Morgan fingerprint density at radius 3 is 1.62 bits per heavy atom. The highest BCUT2D eigenvalue weighted by Crippen LogP contribution is 2.28. The Balaban J connectivity index is 1.67. The van der Waals surface area contributed by atoms with Crippen molar-refractivity contribution in [2.75, 3.05) is 53.2 Å². The van der Waals surface area contributed by atoms with Crippen LogP contribution in [0.15, 0.2) is 71.6 Å². The van der Waals surface area contributed by atoms with Crippen molar-refractivity contribution >= 4 is 10.0 Å². The van der Waals surface area contributed by atoms with Gasteiger partial charge in [-0.1, -0.05) is 30.3 Å². The lowest BCUT2D eigenvalue weighted by Gasteiger charge is -2.23. The summed E-state index contributed by atoms with van der Waals surface area (Å²) in [4.78, 5) is 2.17. The average molecular weight is 559 g/mol. The first-order valence-electron chi connectivity index (χ1n) is 13.0. The first-order valence-corrected chi connectivity index (χ1v) is 14.5. The van der Waals surface area contributed by atoms with Crippen LogP contribution >= 0.6 is 0 Å². The van der Waals surface area contributed by atoms with E-state index in [2.05, 4.69) is 4.90 Å². The van der Waals surface area contributed by atoms with Gasteiger partial charge >= 0.3 is 0 Å². The van der Waals surface area contributed by atoms with E-state index in [9.17, 15) is 8.42 Å². The Bertz CT molecular complexity index is 1230. The van der Waals surface area contributed by atoms with Gasteiger partial charge in [-0.05, 0) is 62.2 Å². The highest BCUT2D eigenvalue weighted by atomic mass is 32.2. The predicted molar refractivity (Wildman–Crippen MR) is 151 cm³/mol. The quantitative estimate of drug-likeness (QED) is 0.263. The molecule has 0 saturated heterocycles. The summed E-state index contributed by atoms with van der Waals surface area (Å²) in [6, 6.07) is 20.2. The molecular weight excluding hydrogens is 520 g/mol. The van der Waals surface area contributed by atoms with Crippen LogP contribution in [0, 0.1) is 0 Å². The van der Waals surface area contributed by atoms with Crippen LogP contribution in [0.4, 0.5) is 0 Å². The third-order valence-corrected chi connectivity index (χ3v) is 6.81. The second-order valence-corrected chi connectivity index (χ2v) is 10.1. The minimum Gasteiger partial charge on any atom is -0.495 e. The molecule has 0 aromatic heterocycles. The zero-order valence-electron chi connectivity index (χ0n) is 22.8. The Kier molecular flexibility index (Phi) is 11.7. The number of methoxy groups -OCH3 is 1. The number of para-hydroxylation sites is 4. The molecule has 0 aliphatic rings. The molecule has 10 heteroatoms. The number of hydrogen-bond acceptors (Lipinski definition) is 8. The van der Waals surface area contributed by atoms with Crippen molar-refractivity contribution in [1.29, 1.82) is 0 Å². The zero-order chi connectivity index (χ0) is 28.1. The van der Waals surface area contributed by atoms with Crippen LogP contribution in [-0.2, 0) is 16.4 Å². The molecule has 0 amide bonds. The summed E-state index contributed by atoms with van der Waals surface area (Å²) in [7, 11) is -2.50. The van der Waals surface area contributed by atoms with Gasteiger partial charge in [0, 0.05) is 19.6 Å². The molecule has 3 rings (SSSR count). The van der Waals surface area contributed by atoms with Crippen LogP contribution in [0.5, 0.6) is 28.7 Å². The zero-order valence-corrected chi connectivity index (χ0v) is 23.6. The number of nitrogens with two attached hydrogens (primary N) is 1. The molecule has 0 spiro atoms. The fraction of sp³-hybridized carbons (Fsp3) is 0.379. The van der Waals surface area contributed by atoms with Crippen LogP contribution in [0.25, 0.3) is 0 Å². The van der Waals surface area contributed by atoms with E-state index in [4.69, 9.17) is 28.8 Å². The highest BCUT2D eigenvalue weighted by Gasteiger charge is 2.16. The first-order chi connectivity index (χ1) is 18.9. The largest absolute Gasteiger partial charge is 0.495 e. The maximum atomic E-state index is 12.0. The second kappa shape index (κ2) is 15.2. The van der Waals surface area contributed by atoms with Crippen molar-refractivity contribution < 1.29 is 32.1 Å². The minimum atomic E-state index is -3.92. The van der Waals surface area contributed by atoms with Gasteiger partial charge in [0.05, 0.1) is 20.3 Å². The molecule has 0 saturated carbocycles. The number of primary sulfonamides is 1. The monoisotopic (exact) mass is 558 g/mol. The third kappa shape index (κ3) is 9.35. The Morgan fingerprint density at radius 1 is 0.692 bits per heavy atom. The summed E-state index contributed by atoms with van der Waals surface area (Å²) in [5.74, 6) is 3.01. The van der Waals surface area contributed by atoms with E-state index in [1.807, 2.05) is 68.4 Å². The molecular formula is C29H38N2O7S. The van der Waals surface area contributed by atoms with Crippen molar-refractivity contribution in [3.8, 4) is 28.7 Å². The lowest BCUT2D eigenvalue weighted by Crippen LogP contribution is -2.34. The summed E-state index contributed by atoms with van der Waals surface area (Å²) in [6.45, 7) is 7.72. The van der Waals surface area contributed by atoms with Crippen LogP contribution < -0.4 is 28.8 Å². The Labute approximate surface area is 231 Å². The van der Waals surface area contributed by atoms with E-state index in [0.29, 0.717) is 75.5 Å². The van der Waals surface area contributed by atoms with Gasteiger partial charge in [0.1, 0.15) is 23.9 Å². The molecule has 2 N–H and O–H groups in total. The third-order valence-electron chi connectivity index (χ3n) is 5.88. The maximum Gasteiger partial charge on any atom is 0.241 e. The summed E-state index contributed by atoms with van der Waals surface area (Å²) >= 11 is 0. The van der Waals surface area contributed by atoms with E-state index in [1.54, 1.807) is 12.1 Å². The molecule has 0 unspecified atom stereocenters. The molecule has 3 aromatic carbocycles. The lowest BCUT2D eigenvalue weighted by atomic mass is 10.1. The Hall–Kier alpha value is -3.47. The van der Waals surface area contributed by atoms with Gasteiger partial charge in [0.2, 0.25) is 10.0 Å². The summed E-state index contributed by atoms with van der Waals surface area (Å²) < 4.78 is 52.7. The summed E-state index contributed by atoms with van der Waals surface area (Å²) in [5.41, 5.74) is 0.829. The molecule has 0 heterocycles. The van der Waals surface area contributed by atoms with E-state index in [1.165, 1.54) is 7.11 Å². The van der Waals surface area contributed by atoms with Crippen molar-refractivity contribution in [3.63, 3.8) is 0 Å². The molecule has 212 valence electrons. The van der Waals surface area contributed by atoms with Gasteiger partial charge in [-0.25, -0.2) is 13.6 Å². The molecule has 39 heavy (non-hydrogen) atoms. The fourth-order valence-electron chi connectivity index (χ4n) is 3.98. The minimum absolute atomic E-state index is 0.0271. The number of nitrogens with zero attached hydrogens (tertiary/aromatic N) is 1. The predicted octanol–water partition coefficient (Wildman–Crippen LogP) is 4.14.